The van der Waals surface area contributed by atoms with E-state index in [1.807, 2.05) is 26.0 Å². The molecule has 1 aromatic carbocycles. The van der Waals surface area contributed by atoms with Gasteiger partial charge in [-0.05, 0) is 72.5 Å². The number of rotatable bonds is 18. The van der Waals surface area contributed by atoms with Crippen molar-refractivity contribution in [2.75, 3.05) is 47.2 Å². The van der Waals surface area contributed by atoms with Crippen LogP contribution in [0, 0.1) is 41.4 Å². The predicted molar refractivity (Wildman–Crippen MR) is 153 cm³/mol. The highest BCUT2D eigenvalue weighted by atomic mass is 16.5. The fourth-order valence-electron chi connectivity index (χ4n) is 5.88. The zero-order valence-corrected chi connectivity index (χ0v) is 24.9. The van der Waals surface area contributed by atoms with E-state index in [1.165, 1.54) is 0 Å². The van der Waals surface area contributed by atoms with Gasteiger partial charge in [0.1, 0.15) is 0 Å². The van der Waals surface area contributed by atoms with Crippen molar-refractivity contribution >= 4 is 5.91 Å². The van der Waals surface area contributed by atoms with Crippen LogP contribution in [0.15, 0.2) is 18.2 Å². The first-order chi connectivity index (χ1) is 18.7. The summed E-state index contributed by atoms with van der Waals surface area (Å²) in [4.78, 5) is 13.0. The molecule has 1 aliphatic heterocycles. The Bertz CT molecular complexity index is 884. The number of nitrogens with two attached hydrogens (primary N) is 1. The van der Waals surface area contributed by atoms with E-state index in [0.29, 0.717) is 62.0 Å². The molecule has 1 heterocycles. The molecule has 1 saturated heterocycles. The van der Waals surface area contributed by atoms with Crippen LogP contribution < -0.4 is 20.5 Å². The molecule has 3 rings (SSSR count). The van der Waals surface area contributed by atoms with Crippen molar-refractivity contribution in [2.45, 2.75) is 65.5 Å². The zero-order valence-electron chi connectivity index (χ0n) is 24.9. The molecule has 1 aromatic rings. The van der Waals surface area contributed by atoms with Gasteiger partial charge < -0.3 is 35.1 Å². The largest absolute Gasteiger partial charge is 0.493 e. The summed E-state index contributed by atoms with van der Waals surface area (Å²) in [5.74, 6) is 3.73. The van der Waals surface area contributed by atoms with Crippen LogP contribution >= 0.6 is 0 Å². The average molecular weight is 549 g/mol. The fraction of sp³-hybridized carbons (Fsp3) is 0.774. The number of nitrogens with one attached hydrogen (secondary N) is 1. The molecule has 1 amide bonds. The average Bonchev–Trinajstić information content (AvgIpc) is 3.32. The molecule has 4 N–H and O–H groups in total. The molecule has 8 heteroatoms. The highest BCUT2D eigenvalue weighted by molar-refractivity contribution is 5.79. The quantitative estimate of drug-likeness (QED) is 0.240. The first-order valence-electron chi connectivity index (χ1n) is 14.7. The maximum atomic E-state index is 13.0. The summed E-state index contributed by atoms with van der Waals surface area (Å²) in [5, 5.41) is 14.2. The Hall–Kier alpha value is -1.87. The van der Waals surface area contributed by atoms with Crippen molar-refractivity contribution in [1.29, 1.82) is 0 Å². The van der Waals surface area contributed by atoms with Crippen LogP contribution in [-0.4, -0.2) is 70.4 Å². The number of benzene rings is 1. The van der Waals surface area contributed by atoms with E-state index in [1.54, 1.807) is 14.2 Å². The molecule has 1 aliphatic carbocycles. The molecular formula is C31H52N2O6. The van der Waals surface area contributed by atoms with Crippen LogP contribution in [-0.2, 0) is 20.7 Å². The van der Waals surface area contributed by atoms with Gasteiger partial charge in [-0.15, -0.1) is 0 Å². The number of fused-ring (bicyclic) bond motifs is 1. The summed E-state index contributed by atoms with van der Waals surface area (Å²) >= 11 is 0. The SMILES string of the molecule is COCCCOc1cc(CC(CC(N)C(O)CC(C(=O)NCC2[C@H]3COC[C@@H]23)C(C)C)C(C)C)ccc1OC. The summed E-state index contributed by atoms with van der Waals surface area (Å²) in [5.41, 5.74) is 7.72. The maximum Gasteiger partial charge on any atom is 0.223 e. The molecule has 8 nitrogen and oxygen atoms in total. The van der Waals surface area contributed by atoms with Gasteiger partial charge in [0.25, 0.3) is 0 Å². The molecule has 0 radical (unpaired) electrons. The van der Waals surface area contributed by atoms with Crippen LogP contribution in [0.4, 0.5) is 0 Å². The molecule has 222 valence electrons. The summed E-state index contributed by atoms with van der Waals surface area (Å²) in [6.45, 7) is 12.0. The van der Waals surface area contributed by atoms with Gasteiger partial charge >= 0.3 is 0 Å². The third-order valence-corrected chi connectivity index (χ3v) is 8.77. The van der Waals surface area contributed by atoms with Crippen LogP contribution in [0.2, 0.25) is 0 Å². The third-order valence-electron chi connectivity index (χ3n) is 8.77. The summed E-state index contributed by atoms with van der Waals surface area (Å²) in [6.07, 6.45) is 1.92. The standard InChI is InChI=1S/C31H52N2O6/c1-19(2)22(12-21-8-9-29(37-6)30(13-21)39-11-7-10-36-5)14-27(32)28(34)15-23(20(3)4)31(35)33-16-24-25-17-38-18-26(24)25/h8-9,13,19-20,22-28,34H,7,10-12,14-18,32H2,1-6H3,(H,33,35)/t22?,23?,24?,25-,26+,27?,28?. The molecule has 0 aromatic heterocycles. The zero-order chi connectivity index (χ0) is 28.5. The molecule has 5 unspecified atom stereocenters. The lowest BCUT2D eigenvalue weighted by Crippen LogP contribution is -2.43. The van der Waals surface area contributed by atoms with Crippen molar-refractivity contribution in [3.8, 4) is 11.5 Å². The van der Waals surface area contributed by atoms with E-state index < -0.39 is 12.1 Å². The minimum Gasteiger partial charge on any atom is -0.493 e. The second kappa shape index (κ2) is 15.2. The van der Waals surface area contributed by atoms with Crippen molar-refractivity contribution < 1.29 is 28.8 Å². The summed E-state index contributed by atoms with van der Waals surface area (Å²) in [7, 11) is 3.33. The van der Waals surface area contributed by atoms with Gasteiger partial charge in [-0.25, -0.2) is 0 Å². The van der Waals surface area contributed by atoms with Gasteiger partial charge in [-0.3, -0.25) is 4.79 Å². The Morgan fingerprint density at radius 2 is 1.79 bits per heavy atom. The van der Waals surface area contributed by atoms with Crippen LogP contribution in [0.25, 0.3) is 0 Å². The monoisotopic (exact) mass is 548 g/mol. The number of carbonyl (C=O) groups is 1. The van der Waals surface area contributed by atoms with Crippen LogP contribution in [0.5, 0.6) is 11.5 Å². The normalized spacial score (nSPS) is 23.3. The minimum absolute atomic E-state index is 0.0267. The predicted octanol–water partition coefficient (Wildman–Crippen LogP) is 3.67. The highest BCUT2D eigenvalue weighted by Gasteiger charge is 2.53. The maximum absolute atomic E-state index is 13.0. The van der Waals surface area contributed by atoms with Crippen LogP contribution in [0.3, 0.4) is 0 Å². The van der Waals surface area contributed by atoms with E-state index in [4.69, 9.17) is 24.7 Å². The van der Waals surface area contributed by atoms with E-state index >= 15 is 0 Å². The molecule has 39 heavy (non-hydrogen) atoms. The van der Waals surface area contributed by atoms with E-state index in [9.17, 15) is 9.90 Å². The Balaban J connectivity index is 1.54. The smallest absolute Gasteiger partial charge is 0.223 e. The topological polar surface area (TPSA) is 112 Å². The molecule has 2 aliphatic rings. The summed E-state index contributed by atoms with van der Waals surface area (Å²) < 4.78 is 22.0. The van der Waals surface area contributed by atoms with Crippen LogP contribution in [0.1, 0.15) is 52.5 Å². The lowest BCUT2D eigenvalue weighted by molar-refractivity contribution is -0.127. The molecular weight excluding hydrogens is 496 g/mol. The number of aliphatic hydroxyl groups is 1. The lowest BCUT2D eigenvalue weighted by atomic mass is 9.81. The number of hydrogen-bond acceptors (Lipinski definition) is 7. The van der Waals surface area contributed by atoms with Crippen molar-refractivity contribution in [2.24, 2.45) is 47.2 Å². The van der Waals surface area contributed by atoms with Gasteiger partial charge in [0, 0.05) is 38.6 Å². The van der Waals surface area contributed by atoms with Gasteiger partial charge in [0.05, 0.1) is 33.0 Å². The van der Waals surface area contributed by atoms with E-state index in [0.717, 1.165) is 37.4 Å². The number of aliphatic hydroxyl groups excluding tert-OH is 1. The first-order valence-corrected chi connectivity index (χ1v) is 14.7. The Labute approximate surface area is 235 Å². The number of ether oxygens (including phenoxy) is 4. The number of hydrogen-bond donors (Lipinski definition) is 3. The van der Waals surface area contributed by atoms with Gasteiger partial charge in [-0.1, -0.05) is 33.8 Å². The number of carbonyl (C=O) groups excluding carboxylic acids is 1. The summed E-state index contributed by atoms with van der Waals surface area (Å²) in [6, 6.07) is 5.65. The van der Waals surface area contributed by atoms with Gasteiger partial charge in [-0.2, -0.15) is 0 Å². The highest BCUT2D eigenvalue weighted by Crippen LogP contribution is 2.50. The Morgan fingerprint density at radius 1 is 1.08 bits per heavy atom. The minimum atomic E-state index is -0.742. The first kappa shape index (κ1) is 31.7. The fourth-order valence-corrected chi connectivity index (χ4v) is 5.88. The molecule has 0 spiro atoms. The molecule has 1 saturated carbocycles. The third kappa shape index (κ3) is 9.07. The lowest BCUT2D eigenvalue weighted by Gasteiger charge is -2.30. The second-order valence-electron chi connectivity index (χ2n) is 12.2. The molecule has 7 atom stereocenters. The van der Waals surface area contributed by atoms with Gasteiger partial charge in [0.2, 0.25) is 5.91 Å². The number of amides is 1. The Morgan fingerprint density at radius 3 is 2.41 bits per heavy atom. The number of methoxy groups -OCH3 is 2. The van der Waals surface area contributed by atoms with E-state index in [-0.39, 0.29) is 23.7 Å². The molecule has 2 fully saturated rings. The Kier molecular flexibility index (Phi) is 12.4. The van der Waals surface area contributed by atoms with Crippen molar-refractivity contribution in [3.05, 3.63) is 23.8 Å². The van der Waals surface area contributed by atoms with E-state index in [2.05, 4.69) is 25.2 Å². The molecule has 0 bridgehead atoms. The second-order valence-corrected chi connectivity index (χ2v) is 12.2. The van der Waals surface area contributed by atoms with Gasteiger partial charge in [0.15, 0.2) is 11.5 Å². The van der Waals surface area contributed by atoms with Crippen molar-refractivity contribution in [3.63, 3.8) is 0 Å². The van der Waals surface area contributed by atoms with Crippen molar-refractivity contribution in [1.82, 2.24) is 5.32 Å².